The highest BCUT2D eigenvalue weighted by molar-refractivity contribution is 6.29. The van der Waals surface area contributed by atoms with Gasteiger partial charge in [0.1, 0.15) is 11.5 Å². The highest BCUT2D eigenvalue weighted by Gasteiger charge is 2.27. The molecule has 1 amide bonds. The van der Waals surface area contributed by atoms with E-state index < -0.39 is 0 Å². The van der Waals surface area contributed by atoms with E-state index in [2.05, 4.69) is 10.5 Å². The summed E-state index contributed by atoms with van der Waals surface area (Å²) in [6.07, 6.45) is 0.871. The highest BCUT2D eigenvalue weighted by Crippen LogP contribution is 2.25. The topological polar surface area (TPSA) is 67.6 Å². The van der Waals surface area contributed by atoms with E-state index in [0.717, 1.165) is 24.4 Å². The highest BCUT2D eigenvalue weighted by atomic mass is 35.5. The summed E-state index contributed by atoms with van der Waals surface area (Å²) in [4.78, 5) is 14.6. The van der Waals surface area contributed by atoms with Crippen LogP contribution in [-0.4, -0.2) is 42.7 Å². The van der Waals surface area contributed by atoms with Crippen LogP contribution in [0.4, 0.5) is 0 Å². The van der Waals surface area contributed by atoms with E-state index in [0.29, 0.717) is 30.3 Å². The minimum Gasteiger partial charge on any atom is -0.497 e. The number of nitrogens with zero attached hydrogens (tertiary/aromatic N) is 2. The third kappa shape index (κ3) is 3.88. The lowest BCUT2D eigenvalue weighted by Crippen LogP contribution is -2.48. The summed E-state index contributed by atoms with van der Waals surface area (Å²) in [5.74, 6) is 1.54. The van der Waals surface area contributed by atoms with Crippen molar-refractivity contribution in [3.05, 3.63) is 46.8 Å². The molecule has 1 aliphatic heterocycles. The molecule has 0 spiro atoms. The largest absolute Gasteiger partial charge is 0.497 e. The van der Waals surface area contributed by atoms with Crippen molar-refractivity contribution < 1.29 is 14.1 Å². The van der Waals surface area contributed by atoms with Gasteiger partial charge in [0.25, 0.3) is 0 Å². The molecule has 1 aromatic heterocycles. The van der Waals surface area contributed by atoms with Gasteiger partial charge >= 0.3 is 0 Å². The lowest BCUT2D eigenvalue weighted by atomic mass is 10.0. The van der Waals surface area contributed by atoms with E-state index >= 15 is 0 Å². The van der Waals surface area contributed by atoms with Crippen molar-refractivity contribution in [3.8, 4) is 5.75 Å². The minimum absolute atomic E-state index is 0.0236. The molecular formula is C17H20ClN3O3. The average Bonchev–Trinajstić information content (AvgIpc) is 3.05. The van der Waals surface area contributed by atoms with Crippen LogP contribution in [0.3, 0.4) is 0 Å². The maximum atomic E-state index is 12.7. The Labute approximate surface area is 145 Å². The zero-order valence-corrected chi connectivity index (χ0v) is 14.3. The van der Waals surface area contributed by atoms with E-state index in [4.69, 9.17) is 20.9 Å². The van der Waals surface area contributed by atoms with Crippen molar-refractivity contribution >= 4 is 17.5 Å². The second-order valence-electron chi connectivity index (χ2n) is 5.70. The summed E-state index contributed by atoms with van der Waals surface area (Å²) in [6.45, 7) is 2.23. The number of aromatic nitrogens is 1. The number of amides is 1. The van der Waals surface area contributed by atoms with Crippen LogP contribution < -0.4 is 10.1 Å². The molecule has 1 saturated heterocycles. The van der Waals surface area contributed by atoms with Crippen molar-refractivity contribution in [1.82, 2.24) is 15.4 Å². The third-order valence-corrected chi connectivity index (χ3v) is 4.36. The number of ether oxygens (including phenoxy) is 1. The number of carbonyl (C=O) groups excluding carboxylic acids is 1. The first-order chi connectivity index (χ1) is 11.7. The minimum atomic E-state index is 0.0236. The Balaban J connectivity index is 1.67. The molecule has 2 aromatic rings. The fourth-order valence-corrected chi connectivity index (χ4v) is 3.06. The van der Waals surface area contributed by atoms with Crippen LogP contribution in [0.1, 0.15) is 23.8 Å². The quantitative estimate of drug-likeness (QED) is 0.898. The molecule has 0 bridgehead atoms. The molecule has 1 fully saturated rings. The molecule has 0 unspecified atom stereocenters. The smallest absolute Gasteiger partial charge is 0.223 e. The van der Waals surface area contributed by atoms with E-state index in [1.54, 1.807) is 13.2 Å². The number of piperazine rings is 1. The first-order valence-corrected chi connectivity index (χ1v) is 8.30. The summed E-state index contributed by atoms with van der Waals surface area (Å²) >= 11 is 5.73. The van der Waals surface area contributed by atoms with Crippen molar-refractivity contribution in [1.29, 1.82) is 0 Å². The number of aryl methyl sites for hydroxylation is 1. The van der Waals surface area contributed by atoms with Crippen molar-refractivity contribution in [2.75, 3.05) is 26.7 Å². The van der Waals surface area contributed by atoms with E-state index in [9.17, 15) is 4.79 Å². The number of halogens is 1. The first kappa shape index (κ1) is 16.8. The Morgan fingerprint density at radius 1 is 1.46 bits per heavy atom. The molecule has 24 heavy (non-hydrogen) atoms. The predicted molar refractivity (Wildman–Crippen MR) is 90.2 cm³/mol. The van der Waals surface area contributed by atoms with Crippen LogP contribution in [0.25, 0.3) is 0 Å². The molecule has 0 aliphatic carbocycles. The van der Waals surface area contributed by atoms with Gasteiger partial charge in [0.2, 0.25) is 5.91 Å². The van der Waals surface area contributed by atoms with Gasteiger partial charge in [0, 0.05) is 38.5 Å². The van der Waals surface area contributed by atoms with E-state index in [1.807, 2.05) is 29.2 Å². The number of carbonyl (C=O) groups is 1. The Kier molecular flexibility index (Phi) is 5.37. The van der Waals surface area contributed by atoms with E-state index in [1.165, 1.54) is 0 Å². The van der Waals surface area contributed by atoms with Crippen LogP contribution in [-0.2, 0) is 11.2 Å². The molecule has 1 aliphatic rings. The number of rotatable bonds is 5. The molecule has 7 heteroatoms. The van der Waals surface area contributed by atoms with Gasteiger partial charge in [0.05, 0.1) is 13.2 Å². The number of methoxy groups -OCH3 is 1. The molecule has 0 saturated carbocycles. The van der Waals surface area contributed by atoms with Crippen LogP contribution >= 0.6 is 11.6 Å². The Morgan fingerprint density at radius 2 is 2.25 bits per heavy atom. The van der Waals surface area contributed by atoms with Gasteiger partial charge in [-0.15, -0.1) is 0 Å². The van der Waals surface area contributed by atoms with Gasteiger partial charge in [-0.3, -0.25) is 4.79 Å². The lowest BCUT2D eigenvalue weighted by Gasteiger charge is -2.36. The molecule has 1 N–H and O–H groups in total. The summed E-state index contributed by atoms with van der Waals surface area (Å²) in [5, 5.41) is 7.30. The zero-order valence-electron chi connectivity index (χ0n) is 13.5. The SMILES string of the molecule is COc1ccc([C@H]2CNCCN2C(=O)CCc2cc(Cl)no2)cc1. The lowest BCUT2D eigenvalue weighted by molar-refractivity contribution is -0.134. The summed E-state index contributed by atoms with van der Waals surface area (Å²) in [5.41, 5.74) is 1.10. The third-order valence-electron chi connectivity index (χ3n) is 4.18. The summed E-state index contributed by atoms with van der Waals surface area (Å²) < 4.78 is 10.3. The fraction of sp³-hybridized carbons (Fsp3) is 0.412. The summed E-state index contributed by atoms with van der Waals surface area (Å²) in [6, 6.07) is 9.52. The first-order valence-electron chi connectivity index (χ1n) is 7.92. The van der Waals surface area contributed by atoms with Gasteiger partial charge in [-0.05, 0) is 17.7 Å². The van der Waals surface area contributed by atoms with E-state index in [-0.39, 0.29) is 11.9 Å². The Hall–Kier alpha value is -2.05. The second kappa shape index (κ2) is 7.68. The normalized spacial score (nSPS) is 17.8. The molecule has 3 rings (SSSR count). The number of hydrogen-bond acceptors (Lipinski definition) is 5. The van der Waals surface area contributed by atoms with Gasteiger partial charge in [-0.1, -0.05) is 28.9 Å². The maximum absolute atomic E-state index is 12.7. The monoisotopic (exact) mass is 349 g/mol. The van der Waals surface area contributed by atoms with Crippen molar-refractivity contribution in [3.63, 3.8) is 0 Å². The molecule has 1 aromatic carbocycles. The number of nitrogens with one attached hydrogen (secondary N) is 1. The standard InChI is InChI=1S/C17H20ClN3O3/c1-23-13-4-2-12(3-5-13)15-11-19-8-9-21(15)17(22)7-6-14-10-16(18)20-24-14/h2-5,10,15,19H,6-9,11H2,1H3/t15-/m1/s1. The van der Waals surface area contributed by atoms with Crippen LogP contribution in [0, 0.1) is 0 Å². The molecular weight excluding hydrogens is 330 g/mol. The van der Waals surface area contributed by atoms with Crippen molar-refractivity contribution in [2.45, 2.75) is 18.9 Å². The second-order valence-corrected chi connectivity index (χ2v) is 6.08. The van der Waals surface area contributed by atoms with Crippen LogP contribution in [0.5, 0.6) is 5.75 Å². The molecule has 6 nitrogen and oxygen atoms in total. The number of benzene rings is 1. The summed E-state index contributed by atoms with van der Waals surface area (Å²) in [7, 11) is 1.64. The zero-order chi connectivity index (χ0) is 16.9. The molecule has 0 radical (unpaired) electrons. The molecule has 128 valence electrons. The predicted octanol–water partition coefficient (Wildman–Crippen LogP) is 2.44. The Morgan fingerprint density at radius 3 is 2.92 bits per heavy atom. The van der Waals surface area contributed by atoms with Crippen molar-refractivity contribution in [2.24, 2.45) is 0 Å². The van der Waals surface area contributed by atoms with Crippen LogP contribution in [0.2, 0.25) is 5.15 Å². The maximum Gasteiger partial charge on any atom is 0.223 e. The average molecular weight is 350 g/mol. The van der Waals surface area contributed by atoms with Crippen LogP contribution in [0.15, 0.2) is 34.9 Å². The molecule has 1 atom stereocenters. The van der Waals surface area contributed by atoms with Gasteiger partial charge < -0.3 is 19.5 Å². The fourth-order valence-electron chi connectivity index (χ4n) is 2.91. The molecule has 2 heterocycles. The number of hydrogen-bond donors (Lipinski definition) is 1. The Bertz CT molecular complexity index is 687. The van der Waals surface area contributed by atoms with Gasteiger partial charge in [-0.25, -0.2) is 0 Å². The van der Waals surface area contributed by atoms with Gasteiger partial charge in [0.15, 0.2) is 5.15 Å². The van der Waals surface area contributed by atoms with Gasteiger partial charge in [-0.2, -0.15) is 0 Å².